The van der Waals surface area contributed by atoms with Crippen LogP contribution in [0.15, 0.2) is 18.2 Å². The van der Waals surface area contributed by atoms with E-state index in [-0.39, 0.29) is 0 Å². The number of methoxy groups -OCH3 is 2. The molecular weight excluding hydrogens is 406 g/mol. The van der Waals surface area contributed by atoms with Crippen LogP contribution in [-0.4, -0.2) is 88.2 Å². The van der Waals surface area contributed by atoms with Gasteiger partial charge in [-0.05, 0) is 75.1 Å². The molecule has 3 rings (SSSR count). The highest BCUT2D eigenvalue weighted by atomic mass is 16.5. The summed E-state index contributed by atoms with van der Waals surface area (Å²) in [6.07, 6.45) is 4.18. The van der Waals surface area contributed by atoms with Gasteiger partial charge in [-0.15, -0.1) is 0 Å². The third kappa shape index (κ3) is 7.06. The lowest BCUT2D eigenvalue weighted by molar-refractivity contribution is -0.00842. The summed E-state index contributed by atoms with van der Waals surface area (Å²) in [5.74, 6) is 2.55. The first-order chi connectivity index (χ1) is 15.7. The molecule has 2 fully saturated rings. The van der Waals surface area contributed by atoms with Gasteiger partial charge in [0.1, 0.15) is 6.23 Å². The number of hydrogen-bond donors (Lipinski definition) is 2. The van der Waals surface area contributed by atoms with Crippen LogP contribution in [0.5, 0.6) is 11.5 Å². The second kappa shape index (κ2) is 13.4. The first-order valence-corrected chi connectivity index (χ1v) is 12.3. The molecule has 0 aromatic heterocycles. The van der Waals surface area contributed by atoms with Crippen molar-refractivity contribution in [2.24, 2.45) is 11.8 Å². The van der Waals surface area contributed by atoms with Gasteiger partial charge in [0.2, 0.25) is 0 Å². The van der Waals surface area contributed by atoms with Gasteiger partial charge in [0, 0.05) is 33.2 Å². The molecule has 0 aliphatic carbocycles. The van der Waals surface area contributed by atoms with Gasteiger partial charge < -0.3 is 29.5 Å². The van der Waals surface area contributed by atoms with E-state index in [1.807, 2.05) is 18.2 Å². The normalized spacial score (nSPS) is 22.9. The average molecular weight is 450 g/mol. The number of likely N-dealkylation sites (tertiary alicyclic amines) is 1. The molecule has 1 aromatic carbocycles. The Morgan fingerprint density at radius 2 is 1.88 bits per heavy atom. The highest BCUT2D eigenvalue weighted by Gasteiger charge is 2.32. The van der Waals surface area contributed by atoms with Gasteiger partial charge in [0.15, 0.2) is 11.5 Å². The second-order valence-corrected chi connectivity index (χ2v) is 9.11. The van der Waals surface area contributed by atoms with Crippen LogP contribution in [0.1, 0.15) is 44.4 Å². The van der Waals surface area contributed by atoms with Crippen LogP contribution < -0.4 is 14.8 Å². The summed E-state index contributed by atoms with van der Waals surface area (Å²) in [4.78, 5) is 4.81. The van der Waals surface area contributed by atoms with Gasteiger partial charge >= 0.3 is 0 Å². The quantitative estimate of drug-likeness (QED) is 0.355. The van der Waals surface area contributed by atoms with Gasteiger partial charge in [0.25, 0.3) is 0 Å². The molecule has 2 unspecified atom stereocenters. The van der Waals surface area contributed by atoms with Crippen LogP contribution in [-0.2, 0) is 4.74 Å². The molecule has 1 aromatic rings. The number of benzene rings is 1. The standard InChI is InChI=1S/C25H43N3O4/c1-4-28(19-22-17-26-16-21(22)18-27-11-6-5-7-12-27)25(29)20-9-10-23(31-3)24(15-20)32-14-8-13-30-2/h9-10,15,21-22,25-26,29H,4-8,11-14,16-19H2,1-3H3/t21?,22-,25?/m0/s1. The summed E-state index contributed by atoms with van der Waals surface area (Å²) in [5.41, 5.74) is 0.841. The van der Waals surface area contributed by atoms with Crippen molar-refractivity contribution in [3.8, 4) is 11.5 Å². The van der Waals surface area contributed by atoms with Crippen molar-refractivity contribution in [2.75, 3.05) is 73.2 Å². The number of ether oxygens (including phenoxy) is 3. The third-order valence-electron chi connectivity index (χ3n) is 6.88. The fourth-order valence-electron chi connectivity index (χ4n) is 4.95. The molecule has 3 atom stereocenters. The van der Waals surface area contributed by atoms with Crippen molar-refractivity contribution < 1.29 is 19.3 Å². The fraction of sp³-hybridized carbons (Fsp3) is 0.760. The molecule has 2 heterocycles. The van der Waals surface area contributed by atoms with E-state index in [0.717, 1.165) is 38.2 Å². The van der Waals surface area contributed by atoms with Gasteiger partial charge in [-0.25, -0.2) is 0 Å². The van der Waals surface area contributed by atoms with E-state index in [1.165, 1.54) is 38.9 Å². The number of aliphatic hydroxyl groups is 1. The van der Waals surface area contributed by atoms with Crippen molar-refractivity contribution in [1.82, 2.24) is 15.1 Å². The largest absolute Gasteiger partial charge is 0.493 e. The molecule has 2 aliphatic heterocycles. The Bertz CT molecular complexity index is 669. The van der Waals surface area contributed by atoms with Crippen LogP contribution in [0.4, 0.5) is 0 Å². The predicted octanol–water partition coefficient (Wildman–Crippen LogP) is 2.74. The summed E-state index contributed by atoms with van der Waals surface area (Å²) in [6.45, 7) is 10.8. The number of nitrogens with zero attached hydrogens (tertiary/aromatic N) is 2. The Hall–Kier alpha value is -1.38. The molecule has 0 spiro atoms. The van der Waals surface area contributed by atoms with Crippen LogP contribution in [0.2, 0.25) is 0 Å². The molecule has 7 heteroatoms. The van der Waals surface area contributed by atoms with Crippen molar-refractivity contribution in [1.29, 1.82) is 0 Å². The molecule has 2 N–H and O–H groups in total. The van der Waals surface area contributed by atoms with Gasteiger partial charge in [-0.3, -0.25) is 4.90 Å². The zero-order valence-corrected chi connectivity index (χ0v) is 20.2. The highest BCUT2D eigenvalue weighted by molar-refractivity contribution is 5.43. The van der Waals surface area contributed by atoms with E-state index in [1.54, 1.807) is 14.2 Å². The molecule has 7 nitrogen and oxygen atoms in total. The van der Waals surface area contributed by atoms with Crippen LogP contribution in [0.3, 0.4) is 0 Å². The predicted molar refractivity (Wildman–Crippen MR) is 127 cm³/mol. The van der Waals surface area contributed by atoms with Crippen LogP contribution in [0, 0.1) is 11.8 Å². The third-order valence-corrected chi connectivity index (χ3v) is 6.88. The number of piperidine rings is 1. The Kier molecular flexibility index (Phi) is 10.5. The molecule has 0 saturated carbocycles. The van der Waals surface area contributed by atoms with Crippen molar-refractivity contribution in [2.45, 2.75) is 38.8 Å². The summed E-state index contributed by atoms with van der Waals surface area (Å²) in [6, 6.07) is 5.73. The Balaban J connectivity index is 1.62. The van der Waals surface area contributed by atoms with Crippen LogP contribution >= 0.6 is 0 Å². The number of aliphatic hydroxyl groups excluding tert-OH is 1. The monoisotopic (exact) mass is 449 g/mol. The van der Waals surface area contributed by atoms with E-state index >= 15 is 0 Å². The molecule has 0 amide bonds. The molecule has 2 saturated heterocycles. The molecule has 32 heavy (non-hydrogen) atoms. The molecule has 2 aliphatic rings. The van der Waals surface area contributed by atoms with Crippen molar-refractivity contribution in [3.05, 3.63) is 23.8 Å². The minimum atomic E-state index is -0.663. The lowest BCUT2D eigenvalue weighted by atomic mass is 9.93. The first kappa shape index (κ1) is 25.2. The summed E-state index contributed by atoms with van der Waals surface area (Å²) >= 11 is 0. The number of nitrogens with one attached hydrogen (secondary N) is 1. The Morgan fingerprint density at radius 1 is 1.09 bits per heavy atom. The maximum atomic E-state index is 11.2. The molecular formula is C25H43N3O4. The fourth-order valence-corrected chi connectivity index (χ4v) is 4.95. The van der Waals surface area contributed by atoms with Crippen LogP contribution in [0.25, 0.3) is 0 Å². The Morgan fingerprint density at radius 3 is 2.59 bits per heavy atom. The second-order valence-electron chi connectivity index (χ2n) is 9.11. The Labute approximate surface area is 194 Å². The molecule has 0 bridgehead atoms. The van der Waals surface area contributed by atoms with E-state index in [2.05, 4.69) is 22.0 Å². The van der Waals surface area contributed by atoms with Crippen molar-refractivity contribution >= 4 is 0 Å². The first-order valence-electron chi connectivity index (χ1n) is 12.3. The van der Waals surface area contributed by atoms with E-state index in [0.29, 0.717) is 36.5 Å². The van der Waals surface area contributed by atoms with E-state index in [9.17, 15) is 5.11 Å². The lowest BCUT2D eigenvalue weighted by Crippen LogP contribution is -2.40. The molecule has 0 radical (unpaired) electrons. The average Bonchev–Trinajstić information content (AvgIpc) is 3.26. The maximum absolute atomic E-state index is 11.2. The van der Waals surface area contributed by atoms with Gasteiger partial charge in [-0.1, -0.05) is 19.4 Å². The topological polar surface area (TPSA) is 66.4 Å². The van der Waals surface area contributed by atoms with Gasteiger partial charge in [-0.2, -0.15) is 0 Å². The minimum Gasteiger partial charge on any atom is -0.493 e. The smallest absolute Gasteiger partial charge is 0.161 e. The number of hydrogen-bond acceptors (Lipinski definition) is 7. The zero-order chi connectivity index (χ0) is 22.8. The number of rotatable bonds is 13. The van der Waals surface area contributed by atoms with E-state index in [4.69, 9.17) is 14.2 Å². The summed E-state index contributed by atoms with van der Waals surface area (Å²) in [5, 5.41) is 14.8. The SMILES string of the molecule is CCN(C[C@@H]1CNCC1CN1CCCCC1)C(O)c1ccc(OC)c(OCCCOC)c1. The highest BCUT2D eigenvalue weighted by Crippen LogP contribution is 2.32. The minimum absolute atomic E-state index is 0.549. The van der Waals surface area contributed by atoms with Gasteiger partial charge in [0.05, 0.1) is 13.7 Å². The zero-order valence-electron chi connectivity index (χ0n) is 20.2. The molecule has 182 valence electrons. The van der Waals surface area contributed by atoms with Crippen molar-refractivity contribution in [3.63, 3.8) is 0 Å². The lowest BCUT2D eigenvalue weighted by Gasteiger charge is -2.34. The maximum Gasteiger partial charge on any atom is 0.161 e. The van der Waals surface area contributed by atoms with E-state index < -0.39 is 6.23 Å². The summed E-state index contributed by atoms with van der Waals surface area (Å²) in [7, 11) is 3.33. The summed E-state index contributed by atoms with van der Waals surface area (Å²) < 4.78 is 16.5.